The van der Waals surface area contributed by atoms with Crippen LogP contribution in [-0.4, -0.2) is 74.9 Å². The van der Waals surface area contributed by atoms with Gasteiger partial charge in [0, 0.05) is 32.1 Å². The van der Waals surface area contributed by atoms with Crippen molar-refractivity contribution < 1.29 is 13.2 Å². The predicted octanol–water partition coefficient (Wildman–Crippen LogP) is -0.0823. The molecule has 0 unspecified atom stereocenters. The van der Waals surface area contributed by atoms with Crippen molar-refractivity contribution in [3.05, 3.63) is 35.9 Å². The van der Waals surface area contributed by atoms with Gasteiger partial charge in [-0.25, -0.2) is 8.42 Å². The van der Waals surface area contributed by atoms with E-state index >= 15 is 0 Å². The van der Waals surface area contributed by atoms with Gasteiger partial charge in [0.2, 0.25) is 5.91 Å². The van der Waals surface area contributed by atoms with Crippen molar-refractivity contribution in [2.24, 2.45) is 11.7 Å². The van der Waals surface area contributed by atoms with E-state index in [2.05, 4.69) is 12.1 Å². The van der Waals surface area contributed by atoms with Gasteiger partial charge in [0.1, 0.15) is 0 Å². The number of hydrogen-bond acceptors (Lipinski definition) is 5. The molecule has 2 saturated heterocycles. The van der Waals surface area contributed by atoms with Crippen molar-refractivity contribution >= 4 is 15.7 Å². The summed E-state index contributed by atoms with van der Waals surface area (Å²) in [5.74, 6) is 0.933. The molecule has 3 rings (SSSR count). The van der Waals surface area contributed by atoms with Gasteiger partial charge in [0.25, 0.3) is 0 Å². The molecule has 1 aromatic carbocycles. The molecule has 2 atom stereocenters. The highest BCUT2D eigenvalue weighted by Gasteiger charge is 2.36. The van der Waals surface area contributed by atoms with Gasteiger partial charge in [0.15, 0.2) is 9.84 Å². The maximum Gasteiger partial charge on any atom is 0.236 e. The molecule has 0 radical (unpaired) electrons. The summed E-state index contributed by atoms with van der Waals surface area (Å²) in [5, 5.41) is 0. The predicted molar refractivity (Wildman–Crippen MR) is 93.4 cm³/mol. The van der Waals surface area contributed by atoms with Crippen molar-refractivity contribution in [2.45, 2.75) is 5.92 Å². The molecule has 24 heavy (non-hydrogen) atoms. The summed E-state index contributed by atoms with van der Waals surface area (Å²) in [7, 11) is -2.91. The molecule has 132 valence electrons. The van der Waals surface area contributed by atoms with E-state index < -0.39 is 9.84 Å². The fourth-order valence-corrected chi connectivity index (χ4v) is 4.87. The molecular weight excluding hydrogens is 326 g/mol. The van der Waals surface area contributed by atoms with Crippen molar-refractivity contribution in [3.63, 3.8) is 0 Å². The highest BCUT2D eigenvalue weighted by molar-refractivity contribution is 7.91. The van der Waals surface area contributed by atoms with E-state index in [0.29, 0.717) is 39.3 Å². The quantitative estimate of drug-likeness (QED) is 0.820. The Labute approximate surface area is 143 Å². The lowest BCUT2D eigenvalue weighted by molar-refractivity contribution is -0.131. The van der Waals surface area contributed by atoms with Gasteiger partial charge in [-0.3, -0.25) is 9.69 Å². The molecule has 1 aromatic rings. The van der Waals surface area contributed by atoms with E-state index in [1.807, 2.05) is 28.0 Å². The van der Waals surface area contributed by atoms with Crippen LogP contribution < -0.4 is 5.73 Å². The van der Waals surface area contributed by atoms with Crippen LogP contribution in [0.3, 0.4) is 0 Å². The third kappa shape index (κ3) is 3.96. The first-order chi connectivity index (χ1) is 11.5. The zero-order chi connectivity index (χ0) is 17.2. The summed E-state index contributed by atoms with van der Waals surface area (Å²) in [6.45, 7) is 3.13. The third-order valence-corrected chi connectivity index (χ3v) is 6.73. The molecule has 0 saturated carbocycles. The van der Waals surface area contributed by atoms with E-state index in [4.69, 9.17) is 5.73 Å². The molecule has 2 fully saturated rings. The highest BCUT2D eigenvalue weighted by Crippen LogP contribution is 2.32. The Bertz CT molecular complexity index is 664. The van der Waals surface area contributed by atoms with Crippen LogP contribution in [0.4, 0.5) is 0 Å². The Balaban J connectivity index is 1.60. The molecule has 6 nitrogen and oxygen atoms in total. The smallest absolute Gasteiger partial charge is 0.236 e. The molecule has 2 aliphatic heterocycles. The van der Waals surface area contributed by atoms with Gasteiger partial charge < -0.3 is 10.6 Å². The molecule has 0 spiro atoms. The Morgan fingerprint density at radius 2 is 1.79 bits per heavy atom. The van der Waals surface area contributed by atoms with Gasteiger partial charge >= 0.3 is 0 Å². The van der Waals surface area contributed by atoms with Crippen molar-refractivity contribution in [3.8, 4) is 0 Å². The Morgan fingerprint density at radius 1 is 1.12 bits per heavy atom. The monoisotopic (exact) mass is 351 g/mol. The summed E-state index contributed by atoms with van der Waals surface area (Å²) < 4.78 is 23.0. The minimum absolute atomic E-state index is 0.0752. The van der Waals surface area contributed by atoms with Crippen LogP contribution in [0.2, 0.25) is 0 Å². The average molecular weight is 351 g/mol. The van der Waals surface area contributed by atoms with Gasteiger partial charge in [-0.15, -0.1) is 0 Å². The number of carbonyl (C=O) groups excluding carboxylic acids is 1. The molecule has 0 bridgehead atoms. The standard InChI is InChI=1S/C17H25N3O3S/c18-10-15-11-20(12-16(15)14-4-2-1-3-5-14)17(21)13-19-6-8-24(22,23)9-7-19/h1-5,15-16H,6-13,18H2/t15-,16+/m1/s1. The third-order valence-electron chi connectivity index (χ3n) is 5.12. The molecule has 2 heterocycles. The van der Waals surface area contributed by atoms with Crippen LogP contribution in [0, 0.1) is 5.92 Å². The summed E-state index contributed by atoms with van der Waals surface area (Å²) in [6, 6.07) is 10.2. The van der Waals surface area contributed by atoms with Crippen molar-refractivity contribution in [1.29, 1.82) is 0 Å². The normalized spacial score (nSPS) is 27.3. The topological polar surface area (TPSA) is 83.7 Å². The van der Waals surface area contributed by atoms with Crippen LogP contribution in [-0.2, 0) is 14.6 Å². The van der Waals surface area contributed by atoms with Crippen LogP contribution in [0.15, 0.2) is 30.3 Å². The van der Waals surface area contributed by atoms with E-state index in [1.165, 1.54) is 5.56 Å². The number of benzene rings is 1. The average Bonchev–Trinajstić information content (AvgIpc) is 3.02. The van der Waals surface area contributed by atoms with Crippen molar-refractivity contribution in [2.75, 3.05) is 50.8 Å². The molecule has 2 N–H and O–H groups in total. The second-order valence-corrected chi connectivity index (χ2v) is 9.04. The van der Waals surface area contributed by atoms with E-state index in [-0.39, 0.29) is 29.2 Å². The summed E-state index contributed by atoms with van der Waals surface area (Å²) >= 11 is 0. The fraction of sp³-hybridized carbons (Fsp3) is 0.588. The first-order valence-electron chi connectivity index (χ1n) is 8.44. The second-order valence-electron chi connectivity index (χ2n) is 6.74. The molecule has 2 aliphatic rings. The summed E-state index contributed by atoms with van der Waals surface area (Å²) in [4.78, 5) is 16.4. The lowest BCUT2D eigenvalue weighted by atomic mass is 9.89. The van der Waals surface area contributed by atoms with Gasteiger partial charge in [-0.05, 0) is 18.0 Å². The minimum Gasteiger partial charge on any atom is -0.341 e. The second kappa shape index (κ2) is 7.21. The lowest BCUT2D eigenvalue weighted by Gasteiger charge is -2.28. The highest BCUT2D eigenvalue weighted by atomic mass is 32.2. The van der Waals surface area contributed by atoms with Gasteiger partial charge in [-0.1, -0.05) is 30.3 Å². The van der Waals surface area contributed by atoms with Crippen LogP contribution in [0.1, 0.15) is 11.5 Å². The zero-order valence-electron chi connectivity index (χ0n) is 13.8. The van der Waals surface area contributed by atoms with Gasteiger partial charge in [0.05, 0.1) is 18.1 Å². The van der Waals surface area contributed by atoms with Crippen LogP contribution in [0.25, 0.3) is 0 Å². The Kier molecular flexibility index (Phi) is 5.22. The molecule has 0 aliphatic carbocycles. The maximum atomic E-state index is 12.6. The maximum absolute atomic E-state index is 12.6. The number of likely N-dealkylation sites (tertiary alicyclic amines) is 1. The summed E-state index contributed by atoms with van der Waals surface area (Å²) in [6.07, 6.45) is 0. The molecular formula is C17H25N3O3S. The molecule has 0 aromatic heterocycles. The number of sulfone groups is 1. The largest absolute Gasteiger partial charge is 0.341 e. The summed E-state index contributed by atoms with van der Waals surface area (Å²) in [5.41, 5.74) is 7.15. The van der Waals surface area contributed by atoms with Crippen molar-refractivity contribution in [1.82, 2.24) is 9.80 Å². The number of nitrogens with two attached hydrogens (primary N) is 1. The zero-order valence-corrected chi connectivity index (χ0v) is 14.6. The lowest BCUT2D eigenvalue weighted by Crippen LogP contribution is -2.46. The first kappa shape index (κ1) is 17.4. The van der Waals surface area contributed by atoms with E-state index in [9.17, 15) is 13.2 Å². The number of amides is 1. The minimum atomic E-state index is -2.91. The first-order valence-corrected chi connectivity index (χ1v) is 10.3. The number of hydrogen-bond donors (Lipinski definition) is 1. The van der Waals surface area contributed by atoms with E-state index in [1.54, 1.807) is 0 Å². The van der Waals surface area contributed by atoms with E-state index in [0.717, 1.165) is 0 Å². The van der Waals surface area contributed by atoms with Gasteiger partial charge in [-0.2, -0.15) is 0 Å². The Morgan fingerprint density at radius 3 is 2.42 bits per heavy atom. The molecule has 1 amide bonds. The van der Waals surface area contributed by atoms with Crippen LogP contribution >= 0.6 is 0 Å². The fourth-order valence-electron chi connectivity index (χ4n) is 3.59. The molecule has 7 heteroatoms. The number of carbonyl (C=O) groups is 1. The number of nitrogens with zero attached hydrogens (tertiary/aromatic N) is 2. The SMILES string of the molecule is NC[C@@H]1CN(C(=O)CN2CCS(=O)(=O)CC2)C[C@H]1c1ccccc1. The van der Waals surface area contributed by atoms with Crippen LogP contribution in [0.5, 0.6) is 0 Å². The Hall–Kier alpha value is -1.44. The number of rotatable bonds is 4.